The molecular formula is C11H20Cl2N4. The van der Waals surface area contributed by atoms with Gasteiger partial charge < -0.3 is 16.0 Å². The van der Waals surface area contributed by atoms with Gasteiger partial charge in [0.1, 0.15) is 11.6 Å². The van der Waals surface area contributed by atoms with Crippen molar-refractivity contribution in [2.75, 3.05) is 31.2 Å². The minimum atomic E-state index is 0. The number of likely N-dealkylation sites (tertiary alicyclic amines) is 1. The van der Waals surface area contributed by atoms with E-state index in [1.807, 2.05) is 12.1 Å². The van der Waals surface area contributed by atoms with Gasteiger partial charge in [-0.25, -0.2) is 4.98 Å². The fourth-order valence-electron chi connectivity index (χ4n) is 1.89. The third-order valence-electron chi connectivity index (χ3n) is 2.84. The van der Waals surface area contributed by atoms with Crippen LogP contribution in [0.2, 0.25) is 0 Å². The molecule has 1 fully saturated rings. The molecule has 0 aromatic carbocycles. The average molecular weight is 279 g/mol. The topological polar surface area (TPSA) is 54.2 Å². The lowest BCUT2D eigenvalue weighted by Crippen LogP contribution is -2.36. The molecule has 1 aromatic heterocycles. The zero-order valence-electron chi connectivity index (χ0n) is 9.93. The number of anilines is 2. The molecule has 0 bridgehead atoms. The molecule has 0 radical (unpaired) electrons. The Balaban J connectivity index is 0.00000128. The van der Waals surface area contributed by atoms with Gasteiger partial charge in [0, 0.05) is 6.04 Å². The van der Waals surface area contributed by atoms with Gasteiger partial charge in [-0.05, 0) is 45.1 Å². The van der Waals surface area contributed by atoms with Crippen molar-refractivity contribution in [1.82, 2.24) is 9.88 Å². The SMILES string of the molecule is CN1CCC(Nc2cccc(N)n2)CC1.Cl.Cl. The molecule has 2 heterocycles. The highest BCUT2D eigenvalue weighted by atomic mass is 35.5. The summed E-state index contributed by atoms with van der Waals surface area (Å²) in [5.74, 6) is 1.47. The van der Waals surface area contributed by atoms with E-state index in [0.717, 1.165) is 18.9 Å². The second kappa shape index (κ2) is 7.58. The van der Waals surface area contributed by atoms with Gasteiger partial charge in [-0.1, -0.05) is 6.07 Å². The van der Waals surface area contributed by atoms with E-state index in [4.69, 9.17) is 5.73 Å². The molecule has 0 aliphatic carbocycles. The Kier molecular flexibility index (Phi) is 7.27. The number of piperidine rings is 1. The number of pyridine rings is 1. The van der Waals surface area contributed by atoms with Crippen molar-refractivity contribution >= 4 is 36.4 Å². The van der Waals surface area contributed by atoms with Crippen LogP contribution in [0.4, 0.5) is 11.6 Å². The predicted molar refractivity (Wildman–Crippen MR) is 77.3 cm³/mol. The third-order valence-corrected chi connectivity index (χ3v) is 2.84. The minimum absolute atomic E-state index is 0. The van der Waals surface area contributed by atoms with Crippen LogP contribution in [0.5, 0.6) is 0 Å². The van der Waals surface area contributed by atoms with Crippen molar-refractivity contribution in [2.45, 2.75) is 18.9 Å². The van der Waals surface area contributed by atoms with Gasteiger partial charge in [0.05, 0.1) is 0 Å². The van der Waals surface area contributed by atoms with E-state index in [-0.39, 0.29) is 24.8 Å². The van der Waals surface area contributed by atoms with Crippen LogP contribution in [-0.4, -0.2) is 36.1 Å². The van der Waals surface area contributed by atoms with Crippen molar-refractivity contribution in [2.24, 2.45) is 0 Å². The monoisotopic (exact) mass is 278 g/mol. The van der Waals surface area contributed by atoms with Gasteiger partial charge in [0.25, 0.3) is 0 Å². The normalized spacial score (nSPS) is 16.8. The molecule has 6 heteroatoms. The first-order valence-corrected chi connectivity index (χ1v) is 5.41. The summed E-state index contributed by atoms with van der Waals surface area (Å²) >= 11 is 0. The summed E-state index contributed by atoms with van der Waals surface area (Å²) < 4.78 is 0. The lowest BCUT2D eigenvalue weighted by molar-refractivity contribution is 0.263. The first kappa shape index (κ1) is 16.3. The van der Waals surface area contributed by atoms with E-state index in [1.54, 1.807) is 6.07 Å². The number of rotatable bonds is 2. The van der Waals surface area contributed by atoms with Gasteiger partial charge in [-0.2, -0.15) is 0 Å². The molecule has 0 amide bonds. The maximum absolute atomic E-state index is 5.63. The molecule has 1 aliphatic heterocycles. The molecule has 0 atom stereocenters. The number of halogens is 2. The summed E-state index contributed by atoms with van der Waals surface area (Å²) in [5.41, 5.74) is 5.63. The smallest absolute Gasteiger partial charge is 0.128 e. The molecule has 1 saturated heterocycles. The fourth-order valence-corrected chi connectivity index (χ4v) is 1.89. The molecular weight excluding hydrogens is 259 g/mol. The van der Waals surface area contributed by atoms with E-state index < -0.39 is 0 Å². The molecule has 1 aromatic rings. The lowest BCUT2D eigenvalue weighted by atomic mass is 10.1. The van der Waals surface area contributed by atoms with Crippen molar-refractivity contribution in [3.05, 3.63) is 18.2 Å². The molecule has 2 rings (SSSR count). The van der Waals surface area contributed by atoms with Crippen LogP contribution < -0.4 is 11.1 Å². The first-order valence-electron chi connectivity index (χ1n) is 5.41. The van der Waals surface area contributed by atoms with E-state index in [0.29, 0.717) is 11.9 Å². The van der Waals surface area contributed by atoms with Crippen LogP contribution in [-0.2, 0) is 0 Å². The third kappa shape index (κ3) is 4.98. The molecule has 1 aliphatic rings. The Bertz CT molecular complexity index is 327. The zero-order chi connectivity index (χ0) is 10.7. The minimum Gasteiger partial charge on any atom is -0.384 e. The van der Waals surface area contributed by atoms with Crippen molar-refractivity contribution in [3.8, 4) is 0 Å². The Hall–Kier alpha value is -0.710. The number of aromatic nitrogens is 1. The van der Waals surface area contributed by atoms with Gasteiger partial charge in [-0.3, -0.25) is 0 Å². The number of hydrogen-bond acceptors (Lipinski definition) is 4. The second-order valence-corrected chi connectivity index (χ2v) is 4.17. The second-order valence-electron chi connectivity index (χ2n) is 4.17. The summed E-state index contributed by atoms with van der Waals surface area (Å²) in [6.45, 7) is 2.31. The summed E-state index contributed by atoms with van der Waals surface area (Å²) in [6, 6.07) is 6.24. The first-order chi connectivity index (χ1) is 7.24. The van der Waals surface area contributed by atoms with Gasteiger partial charge in [-0.15, -0.1) is 24.8 Å². The van der Waals surface area contributed by atoms with Gasteiger partial charge in [0.15, 0.2) is 0 Å². The summed E-state index contributed by atoms with van der Waals surface area (Å²) in [4.78, 5) is 6.59. The molecule has 0 spiro atoms. The number of nitrogen functional groups attached to an aromatic ring is 1. The molecule has 4 nitrogen and oxygen atoms in total. The Morgan fingerprint density at radius 3 is 2.53 bits per heavy atom. The van der Waals surface area contributed by atoms with Crippen molar-refractivity contribution in [3.63, 3.8) is 0 Å². The Labute approximate surface area is 115 Å². The zero-order valence-corrected chi connectivity index (χ0v) is 11.6. The van der Waals surface area contributed by atoms with Crippen LogP contribution >= 0.6 is 24.8 Å². The van der Waals surface area contributed by atoms with E-state index >= 15 is 0 Å². The highest BCUT2D eigenvalue weighted by molar-refractivity contribution is 5.85. The molecule has 17 heavy (non-hydrogen) atoms. The standard InChI is InChI=1S/C11H18N4.2ClH/c1-15-7-5-9(6-8-15)13-11-4-2-3-10(12)14-11;;/h2-4,9H,5-8H2,1H3,(H3,12,13,14);2*1H. The van der Waals surface area contributed by atoms with Crippen LogP contribution in [0, 0.1) is 0 Å². The Morgan fingerprint density at radius 1 is 1.29 bits per heavy atom. The molecule has 3 N–H and O–H groups in total. The Morgan fingerprint density at radius 2 is 1.94 bits per heavy atom. The molecule has 0 saturated carbocycles. The van der Waals surface area contributed by atoms with Gasteiger partial charge in [0.2, 0.25) is 0 Å². The van der Waals surface area contributed by atoms with Crippen LogP contribution in [0.3, 0.4) is 0 Å². The van der Waals surface area contributed by atoms with Crippen molar-refractivity contribution in [1.29, 1.82) is 0 Å². The van der Waals surface area contributed by atoms with E-state index in [9.17, 15) is 0 Å². The van der Waals surface area contributed by atoms with E-state index in [2.05, 4.69) is 22.2 Å². The fraction of sp³-hybridized carbons (Fsp3) is 0.545. The molecule has 98 valence electrons. The van der Waals surface area contributed by atoms with Gasteiger partial charge >= 0.3 is 0 Å². The van der Waals surface area contributed by atoms with Crippen LogP contribution in [0.15, 0.2) is 18.2 Å². The lowest BCUT2D eigenvalue weighted by Gasteiger charge is -2.29. The average Bonchev–Trinajstić information content (AvgIpc) is 2.22. The maximum atomic E-state index is 5.63. The van der Waals surface area contributed by atoms with E-state index in [1.165, 1.54) is 12.8 Å². The van der Waals surface area contributed by atoms with Crippen molar-refractivity contribution < 1.29 is 0 Å². The largest absolute Gasteiger partial charge is 0.384 e. The quantitative estimate of drug-likeness (QED) is 0.869. The highest BCUT2D eigenvalue weighted by Crippen LogP contribution is 2.14. The number of nitrogens with one attached hydrogen (secondary N) is 1. The summed E-state index contributed by atoms with van der Waals surface area (Å²) in [7, 11) is 2.16. The summed E-state index contributed by atoms with van der Waals surface area (Å²) in [5, 5.41) is 3.42. The van der Waals surface area contributed by atoms with Crippen LogP contribution in [0.25, 0.3) is 0 Å². The maximum Gasteiger partial charge on any atom is 0.128 e. The summed E-state index contributed by atoms with van der Waals surface area (Å²) in [6.07, 6.45) is 2.35. The van der Waals surface area contributed by atoms with Crippen LogP contribution in [0.1, 0.15) is 12.8 Å². The number of nitrogens with two attached hydrogens (primary N) is 1. The number of nitrogens with zero attached hydrogens (tertiary/aromatic N) is 2. The predicted octanol–water partition coefficient (Wildman–Crippen LogP) is 2.01. The highest BCUT2D eigenvalue weighted by Gasteiger charge is 2.16. The molecule has 0 unspecified atom stereocenters. The number of hydrogen-bond donors (Lipinski definition) is 2.